The molecule has 2 rings (SSSR count). The molecule has 7 nitrogen and oxygen atoms in total. The van der Waals surface area contributed by atoms with Crippen molar-refractivity contribution >= 4 is 23.4 Å². The lowest BCUT2D eigenvalue weighted by atomic mass is 10.2. The van der Waals surface area contributed by atoms with Gasteiger partial charge in [0.1, 0.15) is 6.04 Å². The van der Waals surface area contributed by atoms with Gasteiger partial charge in [-0.2, -0.15) is 0 Å². The smallest absolute Gasteiger partial charge is 0.326 e. The quantitative estimate of drug-likeness (QED) is 0.766. The Kier molecular flexibility index (Phi) is 4.32. The van der Waals surface area contributed by atoms with Crippen LogP contribution < -0.4 is 10.2 Å². The Morgan fingerprint density at radius 3 is 2.43 bits per heavy atom. The van der Waals surface area contributed by atoms with Crippen molar-refractivity contribution in [1.29, 1.82) is 0 Å². The summed E-state index contributed by atoms with van der Waals surface area (Å²) in [6.45, 7) is 0.0264. The third kappa shape index (κ3) is 3.43. The van der Waals surface area contributed by atoms with E-state index in [4.69, 9.17) is 5.11 Å². The molecule has 7 heteroatoms. The zero-order valence-electron chi connectivity index (χ0n) is 12.0. The third-order valence-electron chi connectivity index (χ3n) is 3.46. The molecule has 0 spiro atoms. The molecule has 1 saturated heterocycles. The number of β-amino-alcohol motifs (C(OH)–C–C–N with tert-alkyl or cyclic N) is 1. The first-order chi connectivity index (χ1) is 9.88. The Morgan fingerprint density at radius 2 is 1.90 bits per heavy atom. The first-order valence-corrected chi connectivity index (χ1v) is 6.64. The summed E-state index contributed by atoms with van der Waals surface area (Å²) >= 11 is 0. The molecule has 0 saturated carbocycles. The van der Waals surface area contributed by atoms with Gasteiger partial charge in [0.25, 0.3) is 0 Å². The number of amides is 2. The Labute approximate surface area is 122 Å². The number of hydrogen-bond donors (Lipinski definition) is 3. The molecule has 21 heavy (non-hydrogen) atoms. The number of anilines is 2. The van der Waals surface area contributed by atoms with E-state index in [1.807, 2.05) is 31.1 Å². The summed E-state index contributed by atoms with van der Waals surface area (Å²) in [6.07, 6.45) is -0.740. The average molecular weight is 293 g/mol. The number of aliphatic hydroxyl groups is 1. The predicted octanol–water partition coefficient (Wildman–Crippen LogP) is 0.804. The Bertz CT molecular complexity index is 530. The van der Waals surface area contributed by atoms with Crippen molar-refractivity contribution in [3.63, 3.8) is 0 Å². The van der Waals surface area contributed by atoms with Gasteiger partial charge >= 0.3 is 12.0 Å². The largest absolute Gasteiger partial charge is 0.480 e. The van der Waals surface area contributed by atoms with Crippen molar-refractivity contribution in [1.82, 2.24) is 4.90 Å². The number of carbonyl (C=O) groups excluding carboxylic acids is 1. The van der Waals surface area contributed by atoms with Gasteiger partial charge in [0.05, 0.1) is 6.10 Å². The highest BCUT2D eigenvalue weighted by Gasteiger charge is 2.38. The zero-order valence-corrected chi connectivity index (χ0v) is 12.0. The van der Waals surface area contributed by atoms with Crippen LogP contribution in [0.1, 0.15) is 6.42 Å². The van der Waals surface area contributed by atoms with Crippen LogP contribution in [0.3, 0.4) is 0 Å². The van der Waals surface area contributed by atoms with Crippen LogP contribution in [0, 0.1) is 0 Å². The van der Waals surface area contributed by atoms with Crippen LogP contribution in [0.25, 0.3) is 0 Å². The molecule has 1 heterocycles. The summed E-state index contributed by atoms with van der Waals surface area (Å²) < 4.78 is 0. The molecule has 0 bridgehead atoms. The van der Waals surface area contributed by atoms with E-state index in [1.54, 1.807) is 12.1 Å². The van der Waals surface area contributed by atoms with Crippen LogP contribution in [0.2, 0.25) is 0 Å². The number of rotatable bonds is 3. The average Bonchev–Trinajstić information content (AvgIpc) is 2.82. The zero-order chi connectivity index (χ0) is 15.6. The number of hydrogen-bond acceptors (Lipinski definition) is 4. The number of urea groups is 1. The van der Waals surface area contributed by atoms with Crippen molar-refractivity contribution in [3.8, 4) is 0 Å². The summed E-state index contributed by atoms with van der Waals surface area (Å²) in [6, 6.07) is 5.69. The highest BCUT2D eigenvalue weighted by molar-refractivity contribution is 5.93. The summed E-state index contributed by atoms with van der Waals surface area (Å²) in [4.78, 5) is 26.3. The maximum absolute atomic E-state index is 12.1. The second kappa shape index (κ2) is 6.01. The molecule has 1 aliphatic rings. The van der Waals surface area contributed by atoms with Gasteiger partial charge in [-0.25, -0.2) is 9.59 Å². The molecule has 1 aromatic carbocycles. The maximum Gasteiger partial charge on any atom is 0.326 e. The minimum Gasteiger partial charge on any atom is -0.480 e. The van der Waals surface area contributed by atoms with Crippen molar-refractivity contribution < 1.29 is 19.8 Å². The standard InChI is InChI=1S/C14H19N3O4/c1-16(2)10-5-3-9(4-6-10)15-14(21)17-8-11(18)7-12(17)13(19)20/h3-6,11-12,18H,7-8H2,1-2H3,(H,15,21)(H,19,20). The summed E-state index contributed by atoms with van der Waals surface area (Å²) in [7, 11) is 3.83. The molecule has 0 radical (unpaired) electrons. The highest BCUT2D eigenvalue weighted by atomic mass is 16.4. The van der Waals surface area contributed by atoms with E-state index in [9.17, 15) is 14.7 Å². The molecule has 1 aliphatic heterocycles. The second-order valence-corrected chi connectivity index (χ2v) is 5.27. The van der Waals surface area contributed by atoms with E-state index >= 15 is 0 Å². The van der Waals surface area contributed by atoms with Crippen molar-refractivity contribution in [2.45, 2.75) is 18.6 Å². The highest BCUT2D eigenvalue weighted by Crippen LogP contribution is 2.21. The van der Waals surface area contributed by atoms with Gasteiger partial charge in [-0.15, -0.1) is 0 Å². The van der Waals surface area contributed by atoms with E-state index in [0.717, 1.165) is 10.6 Å². The van der Waals surface area contributed by atoms with E-state index in [-0.39, 0.29) is 13.0 Å². The number of carboxylic acids is 1. The first-order valence-electron chi connectivity index (χ1n) is 6.64. The van der Waals surface area contributed by atoms with Crippen molar-refractivity contribution in [3.05, 3.63) is 24.3 Å². The van der Waals surface area contributed by atoms with E-state index in [0.29, 0.717) is 5.69 Å². The van der Waals surface area contributed by atoms with Crippen molar-refractivity contribution in [2.24, 2.45) is 0 Å². The molecule has 2 atom stereocenters. The van der Waals surface area contributed by atoms with E-state index in [2.05, 4.69) is 5.32 Å². The number of nitrogens with zero attached hydrogens (tertiary/aromatic N) is 2. The fourth-order valence-electron chi connectivity index (χ4n) is 2.31. The van der Waals surface area contributed by atoms with Crippen LogP contribution in [-0.2, 0) is 4.79 Å². The molecule has 1 fully saturated rings. The first kappa shape index (κ1) is 15.1. The van der Waals surface area contributed by atoms with Gasteiger partial charge in [0.15, 0.2) is 0 Å². The minimum absolute atomic E-state index is 0.0264. The lowest BCUT2D eigenvalue weighted by Gasteiger charge is -2.21. The summed E-state index contributed by atoms with van der Waals surface area (Å²) in [5, 5.41) is 21.3. The Morgan fingerprint density at radius 1 is 1.29 bits per heavy atom. The molecule has 2 amide bonds. The molecular formula is C14H19N3O4. The summed E-state index contributed by atoms with van der Waals surface area (Å²) in [5.74, 6) is -1.11. The molecular weight excluding hydrogens is 274 g/mol. The monoisotopic (exact) mass is 293 g/mol. The third-order valence-corrected chi connectivity index (χ3v) is 3.46. The maximum atomic E-state index is 12.1. The molecule has 0 aliphatic carbocycles. The Balaban J connectivity index is 2.05. The molecule has 114 valence electrons. The van der Waals surface area contributed by atoms with Crippen LogP contribution in [-0.4, -0.2) is 59.9 Å². The van der Waals surface area contributed by atoms with Gasteiger partial charge in [-0.05, 0) is 24.3 Å². The SMILES string of the molecule is CN(C)c1ccc(NC(=O)N2CC(O)CC2C(=O)O)cc1. The fraction of sp³-hybridized carbons (Fsp3) is 0.429. The molecule has 3 N–H and O–H groups in total. The molecule has 1 aromatic rings. The van der Waals surface area contributed by atoms with Crippen molar-refractivity contribution in [2.75, 3.05) is 30.9 Å². The minimum atomic E-state index is -1.11. The lowest BCUT2D eigenvalue weighted by molar-refractivity contribution is -0.141. The molecule has 2 unspecified atom stereocenters. The van der Waals surface area contributed by atoms with Crippen LogP contribution in [0.4, 0.5) is 16.2 Å². The van der Waals surface area contributed by atoms with Gasteiger partial charge in [0, 0.05) is 38.4 Å². The summed E-state index contributed by atoms with van der Waals surface area (Å²) in [5.41, 5.74) is 1.57. The number of aliphatic carboxylic acids is 1. The number of benzene rings is 1. The van der Waals surface area contributed by atoms with Gasteiger partial charge < -0.3 is 25.3 Å². The fourth-order valence-corrected chi connectivity index (χ4v) is 2.31. The van der Waals surface area contributed by atoms with Crippen LogP contribution in [0.5, 0.6) is 0 Å². The van der Waals surface area contributed by atoms with E-state index in [1.165, 1.54) is 0 Å². The number of carboxylic acid groups (broad SMARTS) is 1. The Hall–Kier alpha value is -2.28. The van der Waals surface area contributed by atoms with Crippen LogP contribution >= 0.6 is 0 Å². The predicted molar refractivity (Wildman–Crippen MR) is 78.5 cm³/mol. The number of aliphatic hydroxyl groups excluding tert-OH is 1. The lowest BCUT2D eigenvalue weighted by Crippen LogP contribution is -2.43. The normalized spacial score (nSPS) is 21.2. The number of nitrogens with one attached hydrogen (secondary N) is 1. The van der Waals surface area contributed by atoms with Gasteiger partial charge in [0.2, 0.25) is 0 Å². The van der Waals surface area contributed by atoms with Gasteiger partial charge in [-0.3, -0.25) is 0 Å². The van der Waals surface area contributed by atoms with Crippen LogP contribution in [0.15, 0.2) is 24.3 Å². The van der Waals surface area contributed by atoms with E-state index < -0.39 is 24.1 Å². The topological polar surface area (TPSA) is 93.1 Å². The number of carbonyl (C=O) groups is 2. The number of likely N-dealkylation sites (tertiary alicyclic amines) is 1. The second-order valence-electron chi connectivity index (χ2n) is 5.27. The van der Waals surface area contributed by atoms with Gasteiger partial charge in [-0.1, -0.05) is 0 Å². The molecule has 0 aromatic heterocycles.